The van der Waals surface area contributed by atoms with Gasteiger partial charge in [-0.1, -0.05) is 32.6 Å². The zero-order chi connectivity index (χ0) is 15.3. The first-order valence-corrected chi connectivity index (χ1v) is 6.46. The average molecular weight is 277 g/mol. The smallest absolute Gasteiger partial charge is 0.251 e. The van der Waals surface area contributed by atoms with E-state index in [9.17, 15) is 9.18 Å². The van der Waals surface area contributed by atoms with Gasteiger partial charge in [-0.2, -0.15) is 0 Å². The fourth-order valence-electron chi connectivity index (χ4n) is 1.39. The SMILES string of the molecule is CC(NC(=O)c1ccc(C#CCO)c(F)c1)C(C)(C)C. The molecule has 0 heterocycles. The fourth-order valence-corrected chi connectivity index (χ4v) is 1.39. The van der Waals surface area contributed by atoms with E-state index in [1.54, 1.807) is 0 Å². The summed E-state index contributed by atoms with van der Waals surface area (Å²) >= 11 is 0. The zero-order valence-electron chi connectivity index (χ0n) is 12.2. The van der Waals surface area contributed by atoms with Crippen LogP contribution >= 0.6 is 0 Å². The Morgan fingerprint density at radius 1 is 1.45 bits per heavy atom. The first-order valence-electron chi connectivity index (χ1n) is 6.46. The van der Waals surface area contributed by atoms with Crippen molar-refractivity contribution < 1.29 is 14.3 Å². The summed E-state index contributed by atoms with van der Waals surface area (Å²) in [7, 11) is 0. The molecule has 0 saturated heterocycles. The average Bonchev–Trinajstić information content (AvgIpc) is 2.36. The molecular weight excluding hydrogens is 257 g/mol. The quantitative estimate of drug-likeness (QED) is 0.815. The van der Waals surface area contributed by atoms with Gasteiger partial charge in [-0.3, -0.25) is 4.79 Å². The van der Waals surface area contributed by atoms with Gasteiger partial charge in [0.15, 0.2) is 0 Å². The molecule has 0 saturated carbocycles. The summed E-state index contributed by atoms with van der Waals surface area (Å²) < 4.78 is 13.7. The minimum Gasteiger partial charge on any atom is -0.384 e. The molecule has 20 heavy (non-hydrogen) atoms. The summed E-state index contributed by atoms with van der Waals surface area (Å²) in [5.41, 5.74) is 0.355. The third kappa shape index (κ3) is 4.36. The van der Waals surface area contributed by atoms with Crippen LogP contribution < -0.4 is 5.32 Å². The lowest BCUT2D eigenvalue weighted by Crippen LogP contribution is -2.41. The van der Waals surface area contributed by atoms with Gasteiger partial charge < -0.3 is 10.4 Å². The van der Waals surface area contributed by atoms with Crippen molar-refractivity contribution >= 4 is 5.91 Å². The summed E-state index contributed by atoms with van der Waals surface area (Å²) in [6, 6.07) is 4.09. The highest BCUT2D eigenvalue weighted by molar-refractivity contribution is 5.94. The Bertz CT molecular complexity index is 550. The number of rotatable bonds is 2. The van der Waals surface area contributed by atoms with Gasteiger partial charge >= 0.3 is 0 Å². The predicted molar refractivity (Wildman–Crippen MR) is 76.7 cm³/mol. The van der Waals surface area contributed by atoms with Crippen LogP contribution in [0.3, 0.4) is 0 Å². The van der Waals surface area contributed by atoms with Gasteiger partial charge in [0.2, 0.25) is 0 Å². The Labute approximate surface area is 119 Å². The van der Waals surface area contributed by atoms with Crippen molar-refractivity contribution in [2.24, 2.45) is 5.41 Å². The molecule has 0 aliphatic rings. The molecule has 2 N–H and O–H groups in total. The largest absolute Gasteiger partial charge is 0.384 e. The van der Waals surface area contributed by atoms with E-state index in [2.05, 4.69) is 17.2 Å². The van der Waals surface area contributed by atoms with Gasteiger partial charge in [0, 0.05) is 11.6 Å². The zero-order valence-corrected chi connectivity index (χ0v) is 12.2. The highest BCUT2D eigenvalue weighted by Gasteiger charge is 2.22. The molecule has 1 unspecified atom stereocenters. The minimum absolute atomic E-state index is 0.0353. The molecule has 0 fully saturated rings. The number of carbonyl (C=O) groups excluding carboxylic acids is 1. The van der Waals surface area contributed by atoms with Crippen molar-refractivity contribution in [3.8, 4) is 11.8 Å². The Morgan fingerprint density at radius 3 is 2.60 bits per heavy atom. The number of halogens is 1. The molecular formula is C16H20FNO2. The number of nitrogens with one attached hydrogen (secondary N) is 1. The first kappa shape index (κ1) is 16.2. The van der Waals surface area contributed by atoms with E-state index in [0.29, 0.717) is 0 Å². The van der Waals surface area contributed by atoms with E-state index < -0.39 is 5.82 Å². The molecule has 0 bridgehead atoms. The molecule has 1 rings (SSSR count). The standard InChI is InChI=1S/C16H20FNO2/c1-11(16(2,3)4)18-15(20)13-8-7-12(6-5-9-19)14(17)10-13/h7-8,10-11,19H,9H2,1-4H3,(H,18,20). The minimum atomic E-state index is -0.568. The van der Waals surface area contributed by atoms with Crippen LogP contribution in [0, 0.1) is 23.1 Å². The summed E-state index contributed by atoms with van der Waals surface area (Å²) in [4.78, 5) is 12.0. The lowest BCUT2D eigenvalue weighted by molar-refractivity contribution is 0.0909. The number of amides is 1. The Balaban J connectivity index is 2.88. The van der Waals surface area contributed by atoms with Crippen molar-refractivity contribution in [1.82, 2.24) is 5.32 Å². The van der Waals surface area contributed by atoms with Gasteiger partial charge in [0.25, 0.3) is 5.91 Å². The van der Waals surface area contributed by atoms with Crippen LogP contribution in [0.4, 0.5) is 4.39 Å². The lowest BCUT2D eigenvalue weighted by Gasteiger charge is -2.28. The molecule has 1 amide bonds. The van der Waals surface area contributed by atoms with Crippen molar-refractivity contribution in [1.29, 1.82) is 0 Å². The Kier molecular flexibility index (Phi) is 5.29. The van der Waals surface area contributed by atoms with Gasteiger partial charge in [0.1, 0.15) is 12.4 Å². The van der Waals surface area contributed by atoms with Crippen LogP contribution in [0.25, 0.3) is 0 Å². The first-order chi connectivity index (χ1) is 9.25. The Morgan fingerprint density at radius 2 is 2.10 bits per heavy atom. The molecule has 0 spiro atoms. The topological polar surface area (TPSA) is 49.3 Å². The van der Waals surface area contributed by atoms with E-state index >= 15 is 0 Å². The summed E-state index contributed by atoms with van der Waals surface area (Å²) in [5, 5.41) is 11.4. The van der Waals surface area contributed by atoms with Crippen LogP contribution in [0.5, 0.6) is 0 Å². The van der Waals surface area contributed by atoms with Gasteiger partial charge in [-0.05, 0) is 30.5 Å². The fraction of sp³-hybridized carbons (Fsp3) is 0.438. The molecule has 108 valence electrons. The van der Waals surface area contributed by atoms with Crippen molar-refractivity contribution in [3.05, 3.63) is 35.1 Å². The molecule has 0 aliphatic carbocycles. The number of hydrogen-bond acceptors (Lipinski definition) is 2. The third-order valence-corrected chi connectivity index (χ3v) is 3.18. The van der Waals surface area contributed by atoms with Crippen LogP contribution in [0.2, 0.25) is 0 Å². The monoisotopic (exact) mass is 277 g/mol. The second-order valence-corrected chi connectivity index (χ2v) is 5.72. The summed E-state index contributed by atoms with van der Waals surface area (Å²) in [5.74, 6) is 3.98. The van der Waals surface area contributed by atoms with Gasteiger partial charge in [0.05, 0.1) is 5.56 Å². The van der Waals surface area contributed by atoms with E-state index in [-0.39, 0.29) is 35.1 Å². The van der Waals surface area contributed by atoms with E-state index in [1.807, 2.05) is 27.7 Å². The van der Waals surface area contributed by atoms with Crippen LogP contribution in [-0.4, -0.2) is 23.7 Å². The number of aliphatic hydroxyl groups excluding tert-OH is 1. The van der Waals surface area contributed by atoms with Crippen molar-refractivity contribution in [3.63, 3.8) is 0 Å². The molecule has 1 aromatic rings. The van der Waals surface area contributed by atoms with Crippen LogP contribution in [-0.2, 0) is 0 Å². The van der Waals surface area contributed by atoms with Crippen molar-refractivity contribution in [2.75, 3.05) is 6.61 Å². The summed E-state index contributed by atoms with van der Waals surface area (Å²) in [6.45, 7) is 7.64. The van der Waals surface area contributed by atoms with Crippen LogP contribution in [0.1, 0.15) is 43.6 Å². The van der Waals surface area contributed by atoms with Gasteiger partial charge in [-0.25, -0.2) is 4.39 Å². The number of benzene rings is 1. The number of aliphatic hydroxyl groups is 1. The van der Waals surface area contributed by atoms with E-state index in [4.69, 9.17) is 5.11 Å². The normalized spacial score (nSPS) is 12.3. The molecule has 0 aromatic heterocycles. The number of hydrogen-bond donors (Lipinski definition) is 2. The van der Waals surface area contributed by atoms with Gasteiger partial charge in [-0.15, -0.1) is 0 Å². The van der Waals surface area contributed by atoms with Crippen LogP contribution in [0.15, 0.2) is 18.2 Å². The van der Waals surface area contributed by atoms with E-state index in [0.717, 1.165) is 6.07 Å². The maximum atomic E-state index is 13.7. The lowest BCUT2D eigenvalue weighted by atomic mass is 9.88. The second-order valence-electron chi connectivity index (χ2n) is 5.72. The van der Waals surface area contributed by atoms with E-state index in [1.165, 1.54) is 12.1 Å². The molecule has 3 nitrogen and oxygen atoms in total. The molecule has 1 aromatic carbocycles. The van der Waals surface area contributed by atoms with Crippen molar-refractivity contribution in [2.45, 2.75) is 33.7 Å². The molecule has 4 heteroatoms. The molecule has 1 atom stereocenters. The molecule has 0 radical (unpaired) electrons. The molecule has 0 aliphatic heterocycles. The third-order valence-electron chi connectivity index (χ3n) is 3.18. The summed E-state index contributed by atoms with van der Waals surface area (Å²) in [6.07, 6.45) is 0. The number of carbonyl (C=O) groups is 1. The maximum Gasteiger partial charge on any atom is 0.251 e. The second kappa shape index (κ2) is 6.53. The maximum absolute atomic E-state index is 13.7. The predicted octanol–water partition coefficient (Wildman–Crippen LogP) is 2.33. The Hall–Kier alpha value is -1.86. The highest BCUT2D eigenvalue weighted by Crippen LogP contribution is 2.19. The highest BCUT2D eigenvalue weighted by atomic mass is 19.1.